The van der Waals surface area contributed by atoms with Gasteiger partial charge in [-0.05, 0) is 70.1 Å². The van der Waals surface area contributed by atoms with Crippen LogP contribution < -0.4 is 9.64 Å². The maximum Gasteiger partial charge on any atom is 0.244 e. The zero-order chi connectivity index (χ0) is 30.4. The Morgan fingerprint density at radius 1 is 0.951 bits per heavy atom. The van der Waals surface area contributed by atoms with E-state index in [0.717, 1.165) is 51.6 Å². The van der Waals surface area contributed by atoms with E-state index in [1.165, 1.54) is 17.5 Å². The van der Waals surface area contributed by atoms with Crippen molar-refractivity contribution in [2.24, 2.45) is 0 Å². The van der Waals surface area contributed by atoms with Crippen molar-refractivity contribution in [1.29, 1.82) is 0 Å². The summed E-state index contributed by atoms with van der Waals surface area (Å²) in [5.41, 5.74) is 1.25. The van der Waals surface area contributed by atoms with Crippen LogP contribution in [0.4, 0.5) is 5.69 Å². The Morgan fingerprint density at radius 3 is 2.12 bits per heavy atom. The van der Waals surface area contributed by atoms with Crippen molar-refractivity contribution in [3.8, 4) is 11.5 Å². The number of rotatable bonds is 10. The molecule has 0 bridgehead atoms. The monoisotopic (exact) mass is 591 g/mol. The summed E-state index contributed by atoms with van der Waals surface area (Å²) in [5, 5.41) is 9.43. The predicted molar refractivity (Wildman–Crippen MR) is 161 cm³/mol. The van der Waals surface area contributed by atoms with Crippen LogP contribution in [0.3, 0.4) is 0 Å². The van der Waals surface area contributed by atoms with Gasteiger partial charge in [-0.15, -0.1) is 13.2 Å². The normalized spacial score (nSPS) is 16.7. The molecule has 0 spiro atoms. The van der Waals surface area contributed by atoms with Crippen molar-refractivity contribution in [3.63, 3.8) is 0 Å². The highest BCUT2D eigenvalue weighted by molar-refractivity contribution is 7.89. The third-order valence-electron chi connectivity index (χ3n) is 6.70. The first-order valence-electron chi connectivity index (χ1n) is 13.9. The lowest BCUT2D eigenvalue weighted by Gasteiger charge is -2.36. The molecular weight excluding hydrogens is 546 g/mol. The van der Waals surface area contributed by atoms with Gasteiger partial charge in [0.15, 0.2) is 12.1 Å². The molecular formula is C30H45N3O7S. The fourth-order valence-electron chi connectivity index (χ4n) is 4.71. The van der Waals surface area contributed by atoms with Crippen molar-refractivity contribution in [1.82, 2.24) is 9.21 Å². The molecule has 228 valence electrons. The molecule has 2 aromatic carbocycles. The van der Waals surface area contributed by atoms with E-state index in [4.69, 9.17) is 14.2 Å². The van der Waals surface area contributed by atoms with E-state index in [1.807, 2.05) is 32.9 Å². The van der Waals surface area contributed by atoms with Crippen molar-refractivity contribution < 1.29 is 32.5 Å². The van der Waals surface area contributed by atoms with Gasteiger partial charge in [0.1, 0.15) is 11.5 Å². The van der Waals surface area contributed by atoms with Crippen molar-refractivity contribution in [3.05, 3.63) is 61.2 Å². The molecule has 2 heterocycles. The molecule has 2 aromatic rings. The van der Waals surface area contributed by atoms with Crippen molar-refractivity contribution >= 4 is 21.5 Å². The molecule has 0 unspecified atom stereocenters. The van der Waals surface area contributed by atoms with Gasteiger partial charge >= 0.3 is 0 Å². The molecule has 0 saturated carbocycles. The molecule has 0 atom stereocenters. The molecule has 0 aromatic heterocycles. The summed E-state index contributed by atoms with van der Waals surface area (Å²) in [6, 6.07) is 11.9. The first kappa shape index (κ1) is 34.2. The van der Waals surface area contributed by atoms with E-state index >= 15 is 0 Å². The molecule has 11 heteroatoms. The molecule has 0 amide bonds. The van der Waals surface area contributed by atoms with E-state index < -0.39 is 10.0 Å². The molecule has 41 heavy (non-hydrogen) atoms. The number of nitrogens with zero attached hydrogens (tertiary/aromatic N) is 3. The number of sulfonamides is 1. The van der Waals surface area contributed by atoms with Gasteiger partial charge in [0, 0.05) is 51.6 Å². The number of phenols is 1. The number of hydrogen-bond donors (Lipinski definition) is 1. The minimum absolute atomic E-state index is 0.0330. The molecule has 2 aliphatic rings. The number of piperazine rings is 1. The molecule has 1 fully saturated rings. The summed E-state index contributed by atoms with van der Waals surface area (Å²) in [6.45, 7) is 17.7. The number of aromatic hydroxyl groups is 1. The predicted octanol–water partition coefficient (Wildman–Crippen LogP) is 4.01. The van der Waals surface area contributed by atoms with E-state index in [0.29, 0.717) is 18.7 Å². The SMILES string of the molecule is C=C.CCOC(C)OCC.COc1cccc2c1C(=O)CN(CCCN1CCN(c3ccc(O)cc3)CC1)S2(=O)=O. The second-order valence-electron chi connectivity index (χ2n) is 9.27. The Labute approximate surface area is 245 Å². The van der Waals surface area contributed by atoms with Gasteiger partial charge < -0.3 is 24.2 Å². The number of carbonyl (C=O) groups is 1. The summed E-state index contributed by atoms with van der Waals surface area (Å²) in [6.07, 6.45) is 0.621. The molecule has 1 saturated heterocycles. The first-order valence-corrected chi connectivity index (χ1v) is 15.3. The van der Waals surface area contributed by atoms with Gasteiger partial charge in [0.25, 0.3) is 0 Å². The number of anilines is 1. The average Bonchev–Trinajstić information content (AvgIpc) is 2.98. The highest BCUT2D eigenvalue weighted by Gasteiger charge is 2.37. The number of phenolic OH excluding ortho intramolecular Hbond substituents is 1. The summed E-state index contributed by atoms with van der Waals surface area (Å²) in [7, 11) is -2.28. The maximum absolute atomic E-state index is 13.0. The zero-order valence-corrected chi connectivity index (χ0v) is 25.6. The highest BCUT2D eigenvalue weighted by Crippen LogP contribution is 2.32. The topological polar surface area (TPSA) is 109 Å². The minimum atomic E-state index is -3.71. The second kappa shape index (κ2) is 17.1. The lowest BCUT2D eigenvalue weighted by molar-refractivity contribution is -0.123. The lowest BCUT2D eigenvalue weighted by Crippen LogP contribution is -2.47. The third kappa shape index (κ3) is 9.54. The average molecular weight is 592 g/mol. The summed E-state index contributed by atoms with van der Waals surface area (Å²) in [4.78, 5) is 17.2. The zero-order valence-electron chi connectivity index (χ0n) is 24.8. The first-order chi connectivity index (χ1) is 19.7. The molecule has 0 radical (unpaired) electrons. The van der Waals surface area contributed by atoms with Crippen LogP contribution in [0.5, 0.6) is 11.5 Å². The van der Waals surface area contributed by atoms with E-state index in [9.17, 15) is 18.3 Å². The van der Waals surface area contributed by atoms with Crippen molar-refractivity contribution in [2.45, 2.75) is 38.4 Å². The van der Waals surface area contributed by atoms with Crippen LogP contribution in [0.25, 0.3) is 0 Å². The molecule has 0 aliphatic carbocycles. The fraction of sp³-hybridized carbons (Fsp3) is 0.500. The fourth-order valence-corrected chi connectivity index (χ4v) is 6.37. The lowest BCUT2D eigenvalue weighted by atomic mass is 10.1. The summed E-state index contributed by atoms with van der Waals surface area (Å²) >= 11 is 0. The van der Waals surface area contributed by atoms with Gasteiger partial charge in [-0.25, -0.2) is 8.42 Å². The van der Waals surface area contributed by atoms with Crippen LogP contribution in [0.1, 0.15) is 37.6 Å². The minimum Gasteiger partial charge on any atom is -0.508 e. The Hall–Kier alpha value is -2.96. The number of benzene rings is 2. The Balaban J connectivity index is 0.000000509. The third-order valence-corrected chi connectivity index (χ3v) is 8.58. The van der Waals surface area contributed by atoms with Crippen LogP contribution in [0.2, 0.25) is 0 Å². The van der Waals surface area contributed by atoms with Gasteiger partial charge in [0.2, 0.25) is 10.0 Å². The number of ketones is 1. The number of carbonyl (C=O) groups excluding carboxylic acids is 1. The number of Topliss-reactive ketones (excluding diaryl/α,β-unsaturated/α-hetero) is 1. The van der Waals surface area contributed by atoms with Gasteiger partial charge in [-0.1, -0.05) is 6.07 Å². The van der Waals surface area contributed by atoms with Crippen LogP contribution in [-0.4, -0.2) is 101 Å². The molecule has 1 N–H and O–H groups in total. The standard InChI is InChI=1S/C22H27N3O5S.C6H14O2.C2H4/c1-30-20-4-2-5-21-22(20)19(27)16-25(31(21,28)29)11-3-10-23-12-14-24(15-13-23)17-6-8-18(26)9-7-17;1-4-7-6(3)8-5-2;1-2/h2,4-9,26H,3,10-16H2,1H3;6H,4-5H2,1-3H3;1-2H2. The van der Waals surface area contributed by atoms with E-state index in [2.05, 4.69) is 23.0 Å². The summed E-state index contributed by atoms with van der Waals surface area (Å²) < 4.78 is 42.6. The Morgan fingerprint density at radius 2 is 1.56 bits per heavy atom. The Kier molecular flexibility index (Phi) is 14.3. The summed E-state index contributed by atoms with van der Waals surface area (Å²) in [5.74, 6) is 0.330. The number of methoxy groups -OCH3 is 1. The van der Waals surface area contributed by atoms with E-state index in [-0.39, 0.29) is 34.8 Å². The smallest absolute Gasteiger partial charge is 0.244 e. The van der Waals surface area contributed by atoms with Gasteiger partial charge in [-0.3, -0.25) is 9.69 Å². The number of hydrogen-bond acceptors (Lipinski definition) is 9. The van der Waals surface area contributed by atoms with Gasteiger partial charge in [0.05, 0.1) is 24.1 Å². The second-order valence-corrected chi connectivity index (χ2v) is 11.2. The van der Waals surface area contributed by atoms with E-state index in [1.54, 1.807) is 24.3 Å². The maximum atomic E-state index is 13.0. The van der Waals surface area contributed by atoms with Crippen LogP contribution in [-0.2, 0) is 19.5 Å². The number of fused-ring (bicyclic) bond motifs is 1. The van der Waals surface area contributed by atoms with Crippen molar-refractivity contribution in [2.75, 3.05) is 71.0 Å². The quantitative estimate of drug-likeness (QED) is 0.324. The molecule has 2 aliphatic heterocycles. The molecule has 10 nitrogen and oxygen atoms in total. The largest absolute Gasteiger partial charge is 0.508 e. The van der Waals surface area contributed by atoms with Crippen LogP contribution in [0, 0.1) is 0 Å². The van der Waals surface area contributed by atoms with Crippen LogP contribution in [0.15, 0.2) is 60.5 Å². The highest BCUT2D eigenvalue weighted by atomic mass is 32.2. The van der Waals surface area contributed by atoms with Crippen LogP contribution >= 0.6 is 0 Å². The molecule has 4 rings (SSSR count). The number of ether oxygens (including phenoxy) is 3. The van der Waals surface area contributed by atoms with Gasteiger partial charge in [-0.2, -0.15) is 4.31 Å². The Bertz CT molecular complexity index is 1180.